The first-order valence-electron chi connectivity index (χ1n) is 42.3. The summed E-state index contributed by atoms with van der Waals surface area (Å²) in [6.45, 7) is 26.6. The molecule has 0 spiro atoms. The third kappa shape index (κ3) is 19.6. The van der Waals surface area contributed by atoms with E-state index < -0.39 is 6.04 Å². The number of aromatic nitrogens is 6. The number of carbonyl (C=O) groups is 7. The van der Waals surface area contributed by atoms with Gasteiger partial charge in [-0.15, -0.1) is 0 Å². The number of para-hydroxylation sites is 6. The van der Waals surface area contributed by atoms with Crippen LogP contribution in [0, 0.1) is 6.92 Å². The van der Waals surface area contributed by atoms with Crippen LogP contribution in [0.3, 0.4) is 0 Å². The van der Waals surface area contributed by atoms with E-state index in [0.717, 1.165) is 121 Å². The Kier molecular flexibility index (Phi) is 29.1. The molecule has 0 aliphatic carbocycles. The third-order valence-electron chi connectivity index (χ3n) is 24.3. The molecule has 7 aromatic carbocycles. The molecule has 6 aromatic heterocycles. The highest BCUT2D eigenvalue weighted by Crippen LogP contribution is 2.36. The maximum absolute atomic E-state index is 12.3. The first-order chi connectivity index (χ1) is 61.8. The smallest absolute Gasteiger partial charge is 0.325 e. The zero-order chi connectivity index (χ0) is 92.1. The molecule has 28 nitrogen and oxygen atoms in total. The summed E-state index contributed by atoms with van der Waals surface area (Å²) in [4.78, 5) is 112. The second kappa shape index (κ2) is 40.3. The van der Waals surface area contributed by atoms with Gasteiger partial charge in [0.2, 0.25) is 0 Å². The van der Waals surface area contributed by atoms with Gasteiger partial charge in [0.1, 0.15) is 90.1 Å². The monoisotopic (exact) mass is 1820 g/mol. The molecule has 31 heteroatoms. The number of hydrogen-bond donors (Lipinski definition) is 10. The van der Waals surface area contributed by atoms with E-state index >= 15 is 0 Å². The van der Waals surface area contributed by atoms with E-state index in [2.05, 4.69) is 110 Å². The minimum atomic E-state index is -0.516. The highest BCUT2D eigenvalue weighted by atomic mass is 35.5. The van der Waals surface area contributed by atoms with Crippen molar-refractivity contribution in [3.05, 3.63) is 298 Å². The predicted octanol–water partition coefficient (Wildman–Crippen LogP) is 15.0. The molecule has 6 atom stereocenters. The van der Waals surface area contributed by atoms with Gasteiger partial charge in [-0.2, -0.15) is 0 Å². The van der Waals surface area contributed by atoms with Crippen molar-refractivity contribution >= 4 is 142 Å². The van der Waals surface area contributed by atoms with Gasteiger partial charge >= 0.3 is 6.03 Å². The van der Waals surface area contributed by atoms with Crippen molar-refractivity contribution in [2.45, 2.75) is 116 Å². The summed E-state index contributed by atoms with van der Waals surface area (Å²) in [5, 5.41) is 23.8. The molecule has 12 heterocycles. The summed E-state index contributed by atoms with van der Waals surface area (Å²) < 4.78 is 18.8. The van der Waals surface area contributed by atoms with E-state index in [1.165, 1.54) is 15.8 Å². The Hall–Kier alpha value is -13.8. The van der Waals surface area contributed by atoms with Crippen LogP contribution >= 0.6 is 34.8 Å². The molecule has 6 unspecified atom stereocenters. The molecule has 678 valence electrons. The maximum atomic E-state index is 12.3. The van der Waals surface area contributed by atoms with E-state index in [-0.39, 0.29) is 85.2 Å². The van der Waals surface area contributed by atoms with Crippen LogP contribution in [-0.4, -0.2) is 210 Å². The van der Waals surface area contributed by atoms with Crippen molar-refractivity contribution in [3.63, 3.8) is 0 Å². The Morgan fingerprint density at radius 3 is 1.16 bits per heavy atom. The van der Waals surface area contributed by atoms with E-state index in [1.54, 1.807) is 66.8 Å². The number of benzene rings is 7. The van der Waals surface area contributed by atoms with Crippen molar-refractivity contribution in [1.82, 2.24) is 90.4 Å². The van der Waals surface area contributed by atoms with E-state index in [9.17, 15) is 33.6 Å². The van der Waals surface area contributed by atoms with Crippen LogP contribution in [0.5, 0.6) is 11.5 Å². The number of halogens is 3. The number of aromatic amines is 5. The van der Waals surface area contributed by atoms with E-state index in [0.29, 0.717) is 91.7 Å². The van der Waals surface area contributed by atoms with Gasteiger partial charge in [-0.25, -0.2) is 4.79 Å². The lowest BCUT2D eigenvalue weighted by Gasteiger charge is -2.18. The molecule has 6 aliphatic rings. The number of aryl methyl sites for hydroxylation is 2. The lowest BCUT2D eigenvalue weighted by molar-refractivity contribution is -0.129. The maximum Gasteiger partial charge on any atom is 0.325 e. The van der Waals surface area contributed by atoms with Crippen molar-refractivity contribution in [3.8, 4) is 11.5 Å². The summed E-state index contributed by atoms with van der Waals surface area (Å²) in [6, 6.07) is 43.3. The molecule has 0 saturated carbocycles. The van der Waals surface area contributed by atoms with E-state index in [4.69, 9.17) is 49.0 Å². The van der Waals surface area contributed by atoms with Crippen LogP contribution in [0.2, 0.25) is 15.1 Å². The van der Waals surface area contributed by atoms with Gasteiger partial charge in [0.25, 0.3) is 35.4 Å². The summed E-state index contributed by atoms with van der Waals surface area (Å²) in [6.07, 6.45) is 15.3. The Bertz CT molecular complexity index is 6520. The summed E-state index contributed by atoms with van der Waals surface area (Å²) >= 11 is 18.5. The standard InChI is InChI=1S/C21H21N3O2.C17H21N3O3.C15H16ClN3O2.2C15H16ClN3O.C15H17N3O.CH4/c1-14-23-18(21(25)24(14)2)11-16-12-22-20-17(16)9-6-10-19(20)26-13-15-7-4-3-5-8-15;1-11-19-14(17(21)20(11)2)9-12-10-18-16-13(12)5-4-6-15(16)23-8-7-22-3;1-8(2)19-14(20)12(18-15(19)21)6-9-7-17-13-10(9)4-3-5-11(13)16;1-9-17-13(15(20)19(9)3)7-10-8-18(2)14-11(10)5-4-6-12(14)16;1-9-18(2)13(15(20)19(9)3)7-10-8-17-14-11(10)5-4-6-12(14)16;1-9-5-4-6-12-11(8-16-14(9)12)7-13-15(19)18(3)10(2)17-13;/h3-10,12,18,22-23H,1,11,13H2,2H3;4-6,10,14,18-19H,1,7-9H2,2-3H3;3-5,7-8,12,17H,6H2,1-2H3,(H,18,21);2*4-6,8,13,17H,1,7H2,2-3H3;4-6,8,13,16-17H,2,7H2,1,3H3;1H4. The number of carbonyl (C=O) groups excluding carboxylic acids is 7. The highest BCUT2D eigenvalue weighted by molar-refractivity contribution is 6.36. The molecule has 0 radical (unpaired) electrons. The van der Waals surface area contributed by atoms with Crippen molar-refractivity contribution in [2.24, 2.45) is 7.05 Å². The number of imide groups is 1. The molecule has 6 saturated heterocycles. The van der Waals surface area contributed by atoms with Crippen LogP contribution in [0.15, 0.2) is 239 Å². The summed E-state index contributed by atoms with van der Waals surface area (Å²) in [5.74, 6) is 5.05. The lowest BCUT2D eigenvalue weighted by Crippen LogP contribution is -2.37. The van der Waals surface area contributed by atoms with Gasteiger partial charge in [0, 0.05) is 176 Å². The number of methoxy groups -OCH3 is 1. The lowest BCUT2D eigenvalue weighted by atomic mass is 10.0. The topological polar surface area (TPSA) is 314 Å². The SMILES string of the molecule is C.C=C1N(C)C(=O)C(Cc2c[nH]c3c(Cl)cccc23)N1C.C=C1NC(Cc2c[nH]c3c(C)cccc23)C(=O)N1C.C=C1NC(Cc2c[nH]c3c(OCCOC)cccc23)C(=O)N1C.C=C1NC(Cc2c[nH]c3c(OCc4ccccc4)cccc23)C(=O)N1C.C=C1NC(Cc2cn(C)c3c(Cl)cccc23)C(=O)N1C.CC(C)N1C(=O)NC(Cc2c[nH]c3c(Cl)cccc23)C1=O. The fourth-order valence-electron chi connectivity index (χ4n) is 16.9. The van der Waals surface area contributed by atoms with Crippen LogP contribution in [0.25, 0.3) is 65.4 Å². The molecule has 10 N–H and O–H groups in total. The number of amides is 8. The predicted molar refractivity (Wildman–Crippen MR) is 514 cm³/mol. The molecular weight excluding hydrogens is 1710 g/mol. The van der Waals surface area contributed by atoms with Gasteiger partial charge in [0.15, 0.2) is 0 Å². The highest BCUT2D eigenvalue weighted by Gasteiger charge is 2.42. The molecule has 13 aromatic rings. The number of ether oxygens (including phenoxy) is 3. The van der Waals surface area contributed by atoms with Crippen LogP contribution in [0.1, 0.15) is 65.8 Å². The second-order valence-electron chi connectivity index (χ2n) is 32.9. The average Bonchev–Trinajstić information content (AvgIpc) is 1.64. The zero-order valence-electron chi connectivity index (χ0n) is 74.0. The largest absolute Gasteiger partial charge is 0.489 e. The van der Waals surface area contributed by atoms with Crippen LogP contribution in [-0.2, 0) is 85.7 Å². The van der Waals surface area contributed by atoms with Crippen molar-refractivity contribution in [2.75, 3.05) is 62.6 Å². The number of nitrogens with one attached hydrogen (secondary N) is 10. The second-order valence-corrected chi connectivity index (χ2v) is 34.1. The van der Waals surface area contributed by atoms with Gasteiger partial charge in [0.05, 0.1) is 49.3 Å². The first kappa shape index (κ1) is 93.8. The number of hydrogen-bond acceptors (Lipinski definition) is 15. The van der Waals surface area contributed by atoms with Gasteiger partial charge in [-0.05, 0) is 95.6 Å². The fraction of sp³-hybridized carbons (Fsp3) is 0.283. The third-order valence-corrected chi connectivity index (χ3v) is 25.3. The Balaban J connectivity index is 0.000000133. The first-order valence-corrected chi connectivity index (χ1v) is 43.4. The van der Waals surface area contributed by atoms with Gasteiger partial charge in [-0.1, -0.05) is 184 Å². The number of urea groups is 1. The minimum absolute atomic E-state index is 0. The van der Waals surface area contributed by atoms with Crippen molar-refractivity contribution in [1.29, 1.82) is 0 Å². The molecule has 0 bridgehead atoms. The number of fused-ring (bicyclic) bond motifs is 6. The minimum Gasteiger partial charge on any atom is -0.489 e. The summed E-state index contributed by atoms with van der Waals surface area (Å²) in [7, 11) is 14.2. The number of likely N-dealkylation sites (N-methyl/N-ethyl adjacent to an activating group) is 6. The van der Waals surface area contributed by atoms with Gasteiger partial charge < -0.3 is 99.7 Å². The Labute approximate surface area is 770 Å². The normalized spacial score (nSPS) is 18.3. The molecule has 130 heavy (non-hydrogen) atoms. The van der Waals surface area contributed by atoms with Crippen LogP contribution in [0.4, 0.5) is 4.79 Å². The Morgan fingerprint density at radius 2 is 0.754 bits per heavy atom. The molecule has 6 aliphatic heterocycles. The number of nitrogens with zero attached hydrogens (tertiary/aromatic N) is 8. The van der Waals surface area contributed by atoms with Crippen molar-refractivity contribution < 1.29 is 47.8 Å². The molecule has 19 rings (SSSR count). The molecule has 6 fully saturated rings. The number of rotatable bonds is 20. The van der Waals surface area contributed by atoms with Crippen LogP contribution < -0.4 is 36.1 Å². The number of H-pyrrole nitrogens is 5. The zero-order valence-corrected chi connectivity index (χ0v) is 76.2. The average molecular weight is 1820 g/mol. The van der Waals surface area contributed by atoms with Gasteiger partial charge in [-0.3, -0.25) is 33.7 Å². The quantitative estimate of drug-likeness (QED) is 0.0250. The molecular formula is C99H111Cl3N18O10. The summed E-state index contributed by atoms with van der Waals surface area (Å²) in [5.41, 5.74) is 14.7. The fourth-order valence-corrected chi connectivity index (χ4v) is 17.7. The van der Waals surface area contributed by atoms with E-state index in [1.807, 2.05) is 196 Å². The molecule has 8 amide bonds. The Morgan fingerprint density at radius 1 is 0.385 bits per heavy atom.